The average molecular weight is 373 g/mol. The van der Waals surface area contributed by atoms with Crippen molar-refractivity contribution in [1.29, 1.82) is 0 Å². The first-order valence-corrected chi connectivity index (χ1v) is 8.86. The van der Waals surface area contributed by atoms with Gasteiger partial charge in [0.1, 0.15) is 0 Å². The molecule has 0 saturated heterocycles. The molecular formula is C20H19N7O. The van der Waals surface area contributed by atoms with E-state index in [1.165, 1.54) is 0 Å². The molecule has 0 amide bonds. The molecule has 0 radical (unpaired) electrons. The Labute approximate surface area is 161 Å². The standard InChI is InChI=1S/C20H19N7O/c1-14-4-5-17(27-13-16(7-10-28)25-26-27)11-19(14)24-20-22-9-6-18(23-20)15-3-2-8-21-12-15/h2-6,8-9,11-13,28H,7,10H2,1H3,(H,22,23,24). The van der Waals surface area contributed by atoms with Crippen molar-refractivity contribution in [1.82, 2.24) is 29.9 Å². The van der Waals surface area contributed by atoms with Crippen LogP contribution in [0.5, 0.6) is 0 Å². The van der Waals surface area contributed by atoms with E-state index >= 15 is 0 Å². The van der Waals surface area contributed by atoms with Gasteiger partial charge in [-0.15, -0.1) is 5.10 Å². The molecule has 8 heteroatoms. The minimum Gasteiger partial charge on any atom is -0.396 e. The molecule has 140 valence electrons. The predicted molar refractivity (Wildman–Crippen MR) is 105 cm³/mol. The first kappa shape index (κ1) is 17.7. The summed E-state index contributed by atoms with van der Waals surface area (Å²) in [6.45, 7) is 2.06. The van der Waals surface area contributed by atoms with Crippen molar-refractivity contribution in [2.24, 2.45) is 0 Å². The summed E-state index contributed by atoms with van der Waals surface area (Å²) < 4.78 is 1.68. The summed E-state index contributed by atoms with van der Waals surface area (Å²) in [5.74, 6) is 0.501. The summed E-state index contributed by atoms with van der Waals surface area (Å²) in [6, 6.07) is 11.6. The maximum Gasteiger partial charge on any atom is 0.227 e. The average Bonchev–Trinajstić information content (AvgIpc) is 3.19. The summed E-state index contributed by atoms with van der Waals surface area (Å²) in [5.41, 5.74) is 5.25. The second kappa shape index (κ2) is 7.93. The van der Waals surface area contributed by atoms with Gasteiger partial charge >= 0.3 is 0 Å². The SMILES string of the molecule is Cc1ccc(-n2cc(CCO)nn2)cc1Nc1nccc(-c2cccnc2)n1. The van der Waals surface area contributed by atoms with Crippen molar-refractivity contribution in [2.75, 3.05) is 11.9 Å². The second-order valence-corrected chi connectivity index (χ2v) is 6.26. The normalized spacial score (nSPS) is 10.8. The molecule has 0 atom stereocenters. The number of hydrogen-bond donors (Lipinski definition) is 2. The van der Waals surface area contributed by atoms with E-state index < -0.39 is 0 Å². The summed E-state index contributed by atoms with van der Waals surface area (Å²) in [6.07, 6.45) is 7.51. The molecule has 0 aliphatic carbocycles. The van der Waals surface area contributed by atoms with Crippen molar-refractivity contribution in [2.45, 2.75) is 13.3 Å². The molecule has 0 aliphatic heterocycles. The third-order valence-corrected chi connectivity index (χ3v) is 4.25. The second-order valence-electron chi connectivity index (χ2n) is 6.26. The van der Waals surface area contributed by atoms with Crippen LogP contribution in [0.4, 0.5) is 11.6 Å². The van der Waals surface area contributed by atoms with E-state index in [4.69, 9.17) is 5.11 Å². The van der Waals surface area contributed by atoms with E-state index in [0.717, 1.165) is 33.9 Å². The van der Waals surface area contributed by atoms with E-state index in [1.54, 1.807) is 23.3 Å². The zero-order valence-electron chi connectivity index (χ0n) is 15.3. The third-order valence-electron chi connectivity index (χ3n) is 4.25. The third kappa shape index (κ3) is 3.86. The summed E-state index contributed by atoms with van der Waals surface area (Å²) >= 11 is 0. The monoisotopic (exact) mass is 373 g/mol. The first-order chi connectivity index (χ1) is 13.7. The fourth-order valence-corrected chi connectivity index (χ4v) is 2.76. The molecule has 4 rings (SSSR count). The summed E-state index contributed by atoms with van der Waals surface area (Å²) in [7, 11) is 0. The quantitative estimate of drug-likeness (QED) is 0.536. The van der Waals surface area contributed by atoms with Gasteiger partial charge in [-0.05, 0) is 42.8 Å². The Morgan fingerprint density at radius 1 is 1.14 bits per heavy atom. The van der Waals surface area contributed by atoms with Crippen LogP contribution in [0.1, 0.15) is 11.3 Å². The number of benzene rings is 1. The minimum absolute atomic E-state index is 0.0456. The fraction of sp³-hybridized carbons (Fsp3) is 0.150. The lowest BCUT2D eigenvalue weighted by atomic mass is 10.2. The number of aromatic nitrogens is 6. The zero-order chi connectivity index (χ0) is 19.3. The van der Waals surface area contributed by atoms with Gasteiger partial charge in [-0.1, -0.05) is 11.3 Å². The summed E-state index contributed by atoms with van der Waals surface area (Å²) in [4.78, 5) is 13.0. The number of nitrogens with zero attached hydrogens (tertiary/aromatic N) is 6. The number of aryl methyl sites for hydroxylation is 1. The van der Waals surface area contributed by atoms with Crippen LogP contribution in [-0.2, 0) is 6.42 Å². The van der Waals surface area contributed by atoms with Gasteiger partial charge in [0.15, 0.2) is 0 Å². The number of anilines is 2. The van der Waals surface area contributed by atoms with Crippen LogP contribution in [0.15, 0.2) is 61.2 Å². The molecule has 0 saturated carbocycles. The lowest BCUT2D eigenvalue weighted by molar-refractivity contribution is 0.298. The fourth-order valence-electron chi connectivity index (χ4n) is 2.76. The van der Waals surface area contributed by atoms with E-state index in [9.17, 15) is 0 Å². The number of hydrogen-bond acceptors (Lipinski definition) is 7. The number of nitrogens with one attached hydrogen (secondary N) is 1. The highest BCUT2D eigenvalue weighted by Gasteiger charge is 2.08. The van der Waals surface area contributed by atoms with Crippen molar-refractivity contribution in [3.63, 3.8) is 0 Å². The van der Waals surface area contributed by atoms with Crippen LogP contribution >= 0.6 is 0 Å². The molecule has 4 aromatic rings. The molecule has 2 N–H and O–H groups in total. The van der Waals surface area contributed by atoms with Crippen molar-refractivity contribution in [3.05, 3.63) is 72.4 Å². The number of aliphatic hydroxyl groups excluding tert-OH is 1. The van der Waals surface area contributed by atoms with E-state index in [-0.39, 0.29) is 6.61 Å². The number of aliphatic hydroxyl groups is 1. The highest BCUT2D eigenvalue weighted by molar-refractivity contribution is 5.64. The van der Waals surface area contributed by atoms with E-state index in [1.807, 2.05) is 49.5 Å². The predicted octanol–water partition coefficient (Wildman–Crippen LogP) is 2.71. The van der Waals surface area contributed by atoms with Crippen LogP contribution in [0, 0.1) is 6.92 Å². The van der Waals surface area contributed by atoms with Crippen molar-refractivity contribution in [3.8, 4) is 16.9 Å². The molecule has 0 unspecified atom stereocenters. The van der Waals surface area contributed by atoms with Gasteiger partial charge < -0.3 is 10.4 Å². The molecule has 3 heterocycles. The van der Waals surface area contributed by atoms with Gasteiger partial charge in [0.2, 0.25) is 5.95 Å². The van der Waals surface area contributed by atoms with Gasteiger partial charge in [-0.3, -0.25) is 4.98 Å². The van der Waals surface area contributed by atoms with Crippen LogP contribution in [0.2, 0.25) is 0 Å². The molecular weight excluding hydrogens is 354 g/mol. The van der Waals surface area contributed by atoms with Gasteiger partial charge in [0.05, 0.1) is 23.3 Å². The largest absolute Gasteiger partial charge is 0.396 e. The van der Waals surface area contributed by atoms with Gasteiger partial charge in [0, 0.05) is 42.9 Å². The topological polar surface area (TPSA) is 102 Å². The highest BCUT2D eigenvalue weighted by Crippen LogP contribution is 2.23. The highest BCUT2D eigenvalue weighted by atomic mass is 16.3. The maximum atomic E-state index is 9.04. The molecule has 1 aromatic carbocycles. The molecule has 0 bridgehead atoms. The Kier molecular flexibility index (Phi) is 5.03. The smallest absolute Gasteiger partial charge is 0.227 e. The van der Waals surface area contributed by atoms with Crippen LogP contribution in [-0.4, -0.2) is 41.7 Å². The molecule has 0 fully saturated rings. The molecule has 8 nitrogen and oxygen atoms in total. The molecule has 28 heavy (non-hydrogen) atoms. The lowest BCUT2D eigenvalue weighted by Crippen LogP contribution is -2.02. The van der Waals surface area contributed by atoms with Gasteiger partial charge in [0.25, 0.3) is 0 Å². The lowest BCUT2D eigenvalue weighted by Gasteiger charge is -2.11. The maximum absolute atomic E-state index is 9.04. The van der Waals surface area contributed by atoms with E-state index in [0.29, 0.717) is 12.4 Å². The molecule has 3 aromatic heterocycles. The minimum atomic E-state index is 0.0456. The first-order valence-electron chi connectivity index (χ1n) is 8.86. The Morgan fingerprint density at radius 2 is 2.07 bits per heavy atom. The van der Waals surface area contributed by atoms with Crippen molar-refractivity contribution >= 4 is 11.6 Å². The Bertz CT molecular complexity index is 1080. The Balaban J connectivity index is 1.61. The molecule has 0 aliphatic rings. The van der Waals surface area contributed by atoms with E-state index in [2.05, 4.69) is 30.6 Å². The Hall–Kier alpha value is -3.65. The zero-order valence-corrected chi connectivity index (χ0v) is 15.3. The Morgan fingerprint density at radius 3 is 2.89 bits per heavy atom. The summed E-state index contributed by atoms with van der Waals surface area (Å²) in [5, 5.41) is 20.5. The van der Waals surface area contributed by atoms with Crippen LogP contribution < -0.4 is 5.32 Å². The van der Waals surface area contributed by atoms with Gasteiger partial charge in [-0.2, -0.15) is 0 Å². The van der Waals surface area contributed by atoms with Crippen LogP contribution in [0.3, 0.4) is 0 Å². The number of rotatable bonds is 6. The number of pyridine rings is 1. The van der Waals surface area contributed by atoms with Crippen molar-refractivity contribution < 1.29 is 5.11 Å². The molecule has 0 spiro atoms. The van der Waals surface area contributed by atoms with Gasteiger partial charge in [-0.25, -0.2) is 14.6 Å². The van der Waals surface area contributed by atoms with Crippen LogP contribution in [0.25, 0.3) is 16.9 Å².